The monoisotopic (exact) mass is 384 g/mol. The minimum atomic E-state index is -0.123. The first-order valence-corrected chi connectivity index (χ1v) is 10.3. The first kappa shape index (κ1) is 19.6. The lowest BCUT2D eigenvalue weighted by Crippen LogP contribution is -2.26. The number of hydrogen-bond acceptors (Lipinski definition) is 3. The molecule has 0 saturated heterocycles. The largest absolute Gasteiger partial charge is 0.355 e. The van der Waals surface area contributed by atoms with Crippen molar-refractivity contribution >= 4 is 23.2 Å². The molecule has 144 valence electrons. The number of nitrogens with one attached hydrogen (secondary N) is 2. The lowest BCUT2D eigenvalue weighted by Gasteiger charge is -2.33. The van der Waals surface area contributed by atoms with Crippen LogP contribution >= 0.6 is 11.3 Å². The van der Waals surface area contributed by atoms with Crippen molar-refractivity contribution in [1.82, 2.24) is 10.6 Å². The van der Waals surface area contributed by atoms with Crippen molar-refractivity contribution in [1.29, 1.82) is 0 Å². The Morgan fingerprint density at radius 2 is 1.96 bits per heavy atom. The number of fused-ring (bicyclic) bond motifs is 1. The lowest BCUT2D eigenvalue weighted by molar-refractivity contribution is 0.0952. The fourth-order valence-corrected chi connectivity index (χ4v) is 4.74. The number of amides is 2. The van der Waals surface area contributed by atoms with Crippen LogP contribution in [-0.2, 0) is 19.4 Å². The summed E-state index contributed by atoms with van der Waals surface area (Å²) in [5.74, 6) is 0.512. The molecular weight excluding hydrogens is 356 g/mol. The van der Waals surface area contributed by atoms with Gasteiger partial charge < -0.3 is 10.6 Å². The van der Waals surface area contributed by atoms with E-state index in [-0.39, 0.29) is 11.8 Å². The van der Waals surface area contributed by atoms with Gasteiger partial charge in [0.25, 0.3) is 11.8 Å². The molecule has 0 aliphatic heterocycles. The Morgan fingerprint density at radius 1 is 1.19 bits per heavy atom. The van der Waals surface area contributed by atoms with E-state index in [1.807, 2.05) is 18.2 Å². The average molecular weight is 385 g/mol. The summed E-state index contributed by atoms with van der Waals surface area (Å²) < 4.78 is 0. The van der Waals surface area contributed by atoms with Gasteiger partial charge in [-0.05, 0) is 59.9 Å². The van der Waals surface area contributed by atoms with Crippen molar-refractivity contribution in [3.8, 4) is 0 Å². The summed E-state index contributed by atoms with van der Waals surface area (Å²) in [5.41, 5.74) is 3.17. The second kappa shape index (κ2) is 7.85. The zero-order valence-electron chi connectivity index (χ0n) is 16.5. The number of carbonyl (C=O) groups excluding carboxylic acids is 2. The third-order valence-corrected chi connectivity index (χ3v) is 6.64. The van der Waals surface area contributed by atoms with Gasteiger partial charge in [0.2, 0.25) is 0 Å². The molecule has 1 aliphatic carbocycles. The van der Waals surface area contributed by atoms with E-state index < -0.39 is 0 Å². The van der Waals surface area contributed by atoms with Gasteiger partial charge in [-0.3, -0.25) is 9.59 Å². The van der Waals surface area contributed by atoms with Crippen LogP contribution in [-0.4, -0.2) is 18.9 Å². The first-order chi connectivity index (χ1) is 12.8. The molecule has 1 unspecified atom stereocenters. The molecule has 4 nitrogen and oxygen atoms in total. The Labute approximate surface area is 165 Å². The Balaban J connectivity index is 1.65. The molecule has 1 atom stereocenters. The molecule has 0 radical (unpaired) electrons. The van der Waals surface area contributed by atoms with E-state index in [0.29, 0.717) is 23.4 Å². The van der Waals surface area contributed by atoms with Crippen LogP contribution in [0.1, 0.15) is 63.2 Å². The summed E-state index contributed by atoms with van der Waals surface area (Å²) in [4.78, 5) is 26.5. The maximum atomic E-state index is 12.6. The number of aryl methyl sites for hydroxylation is 1. The zero-order valence-corrected chi connectivity index (χ0v) is 17.3. The predicted molar refractivity (Wildman–Crippen MR) is 110 cm³/mol. The van der Waals surface area contributed by atoms with Crippen LogP contribution in [0.2, 0.25) is 0 Å². The SMILES string of the molecule is CNC(=O)c1cccc(CNC(=O)c2cc3c(s2)CCC(C(C)(C)C)C3)c1. The molecule has 1 aromatic heterocycles. The van der Waals surface area contributed by atoms with Crippen LogP contribution in [0.4, 0.5) is 0 Å². The quantitative estimate of drug-likeness (QED) is 0.830. The van der Waals surface area contributed by atoms with E-state index in [1.54, 1.807) is 24.5 Å². The van der Waals surface area contributed by atoms with Crippen molar-refractivity contribution in [2.24, 2.45) is 11.3 Å². The number of thiophene rings is 1. The molecule has 3 rings (SSSR count). The predicted octanol–water partition coefficient (Wildman–Crippen LogP) is 4.19. The number of hydrogen-bond donors (Lipinski definition) is 2. The smallest absolute Gasteiger partial charge is 0.261 e. The van der Waals surface area contributed by atoms with E-state index in [0.717, 1.165) is 23.3 Å². The van der Waals surface area contributed by atoms with Crippen molar-refractivity contribution < 1.29 is 9.59 Å². The summed E-state index contributed by atoms with van der Waals surface area (Å²) in [6.45, 7) is 7.32. The lowest BCUT2D eigenvalue weighted by atomic mass is 9.72. The van der Waals surface area contributed by atoms with Crippen LogP contribution < -0.4 is 10.6 Å². The second-order valence-corrected chi connectivity index (χ2v) is 9.46. The van der Waals surface area contributed by atoms with Gasteiger partial charge in [-0.15, -0.1) is 11.3 Å². The molecule has 2 amide bonds. The number of benzene rings is 1. The van der Waals surface area contributed by atoms with E-state index in [1.165, 1.54) is 16.9 Å². The third kappa shape index (κ3) is 4.59. The number of carbonyl (C=O) groups is 2. The molecule has 27 heavy (non-hydrogen) atoms. The van der Waals surface area contributed by atoms with Gasteiger partial charge in [0.15, 0.2) is 0 Å². The van der Waals surface area contributed by atoms with E-state index in [4.69, 9.17) is 0 Å². The summed E-state index contributed by atoms with van der Waals surface area (Å²) in [7, 11) is 1.61. The van der Waals surface area contributed by atoms with Gasteiger partial charge in [0.1, 0.15) is 0 Å². The Kier molecular flexibility index (Phi) is 5.70. The van der Waals surface area contributed by atoms with Crippen LogP contribution in [0, 0.1) is 11.3 Å². The van der Waals surface area contributed by atoms with E-state index in [2.05, 4.69) is 37.5 Å². The molecule has 5 heteroatoms. The van der Waals surface area contributed by atoms with Gasteiger partial charge in [-0.1, -0.05) is 32.9 Å². The first-order valence-electron chi connectivity index (χ1n) is 9.48. The molecule has 0 bridgehead atoms. The summed E-state index contributed by atoms with van der Waals surface area (Å²) in [6.07, 6.45) is 3.34. The standard InChI is InChI=1S/C22H28N2O2S/c1-22(2,3)17-8-9-18-16(11-17)12-19(27-18)21(26)24-13-14-6-5-7-15(10-14)20(25)23-4/h5-7,10,12,17H,8-9,11,13H2,1-4H3,(H,23,25)(H,24,26). The molecule has 2 N–H and O–H groups in total. The maximum Gasteiger partial charge on any atom is 0.261 e. The van der Waals surface area contributed by atoms with Gasteiger partial charge in [-0.2, -0.15) is 0 Å². The Bertz CT molecular complexity index is 848. The molecule has 0 saturated carbocycles. The third-order valence-electron chi connectivity index (χ3n) is 5.40. The minimum Gasteiger partial charge on any atom is -0.355 e. The minimum absolute atomic E-state index is 0.0351. The Hall–Kier alpha value is -2.14. The fourth-order valence-electron chi connectivity index (χ4n) is 3.61. The van der Waals surface area contributed by atoms with E-state index >= 15 is 0 Å². The van der Waals surface area contributed by atoms with Gasteiger partial charge >= 0.3 is 0 Å². The molecular formula is C22H28N2O2S. The van der Waals surface area contributed by atoms with Gasteiger partial charge in [-0.25, -0.2) is 0 Å². The van der Waals surface area contributed by atoms with Crippen LogP contribution in [0.25, 0.3) is 0 Å². The van der Waals surface area contributed by atoms with Crippen molar-refractivity contribution in [3.63, 3.8) is 0 Å². The average Bonchev–Trinajstić information content (AvgIpc) is 3.08. The fraction of sp³-hybridized carbons (Fsp3) is 0.455. The highest BCUT2D eigenvalue weighted by Crippen LogP contribution is 2.40. The molecule has 1 aromatic carbocycles. The van der Waals surface area contributed by atoms with Crippen LogP contribution in [0.15, 0.2) is 30.3 Å². The van der Waals surface area contributed by atoms with Crippen molar-refractivity contribution in [2.45, 2.75) is 46.6 Å². The van der Waals surface area contributed by atoms with Gasteiger partial charge in [0.05, 0.1) is 4.88 Å². The molecule has 0 fully saturated rings. The molecule has 0 spiro atoms. The summed E-state index contributed by atoms with van der Waals surface area (Å²) >= 11 is 1.63. The summed E-state index contributed by atoms with van der Waals surface area (Å²) in [6, 6.07) is 9.41. The highest BCUT2D eigenvalue weighted by Gasteiger charge is 2.30. The normalized spacial score (nSPS) is 16.5. The summed E-state index contributed by atoms with van der Waals surface area (Å²) in [5, 5.41) is 5.61. The highest BCUT2D eigenvalue weighted by molar-refractivity contribution is 7.14. The highest BCUT2D eigenvalue weighted by atomic mass is 32.1. The second-order valence-electron chi connectivity index (χ2n) is 8.33. The molecule has 1 heterocycles. The number of rotatable bonds is 4. The van der Waals surface area contributed by atoms with Crippen molar-refractivity contribution in [2.75, 3.05) is 7.05 Å². The molecule has 1 aliphatic rings. The van der Waals surface area contributed by atoms with Crippen LogP contribution in [0.3, 0.4) is 0 Å². The van der Waals surface area contributed by atoms with Crippen LogP contribution in [0.5, 0.6) is 0 Å². The van der Waals surface area contributed by atoms with E-state index in [9.17, 15) is 9.59 Å². The zero-order chi connectivity index (χ0) is 19.6. The van der Waals surface area contributed by atoms with Gasteiger partial charge in [0, 0.05) is 24.0 Å². The maximum absolute atomic E-state index is 12.6. The topological polar surface area (TPSA) is 58.2 Å². The Morgan fingerprint density at radius 3 is 2.67 bits per heavy atom. The van der Waals surface area contributed by atoms with Crippen molar-refractivity contribution in [3.05, 3.63) is 56.8 Å². The molecule has 2 aromatic rings.